The molecular formula is C16H24BrNO. The van der Waals surface area contributed by atoms with Crippen LogP contribution in [0.2, 0.25) is 0 Å². The smallest absolute Gasteiger partial charge is 0.0445 e. The van der Waals surface area contributed by atoms with Crippen LogP contribution in [0.25, 0.3) is 0 Å². The number of hydrogen-bond acceptors (Lipinski definition) is 2. The highest BCUT2D eigenvalue weighted by atomic mass is 79.9. The van der Waals surface area contributed by atoms with E-state index < -0.39 is 0 Å². The molecule has 1 aromatic rings. The number of likely N-dealkylation sites (tertiary alicyclic amines) is 1. The molecule has 1 aliphatic rings. The molecule has 1 aliphatic heterocycles. The molecule has 0 spiro atoms. The molecule has 0 aromatic heterocycles. The van der Waals surface area contributed by atoms with Crippen LogP contribution in [0, 0.1) is 0 Å². The van der Waals surface area contributed by atoms with E-state index in [9.17, 15) is 5.11 Å². The van der Waals surface area contributed by atoms with Gasteiger partial charge in [0.25, 0.3) is 0 Å². The van der Waals surface area contributed by atoms with Crippen LogP contribution in [0.4, 0.5) is 0 Å². The summed E-state index contributed by atoms with van der Waals surface area (Å²) in [5.74, 6) is 0.542. The minimum atomic E-state index is 0.311. The van der Waals surface area contributed by atoms with E-state index >= 15 is 0 Å². The Morgan fingerprint density at radius 3 is 2.74 bits per heavy atom. The number of rotatable bonds is 6. The topological polar surface area (TPSA) is 23.5 Å². The molecule has 1 fully saturated rings. The Labute approximate surface area is 124 Å². The molecule has 0 amide bonds. The first kappa shape index (κ1) is 15.0. The van der Waals surface area contributed by atoms with Gasteiger partial charge in [-0.3, -0.25) is 4.90 Å². The maximum Gasteiger partial charge on any atom is 0.0445 e. The van der Waals surface area contributed by atoms with Crippen molar-refractivity contribution in [2.45, 2.75) is 37.6 Å². The molecular weight excluding hydrogens is 302 g/mol. The van der Waals surface area contributed by atoms with Crippen molar-refractivity contribution < 1.29 is 5.11 Å². The molecule has 106 valence electrons. The van der Waals surface area contributed by atoms with E-state index in [1.807, 2.05) is 0 Å². The Kier molecular flexibility index (Phi) is 6.35. The zero-order valence-electron chi connectivity index (χ0n) is 11.5. The minimum Gasteiger partial charge on any atom is -0.396 e. The Morgan fingerprint density at radius 1 is 1.26 bits per heavy atom. The highest BCUT2D eigenvalue weighted by molar-refractivity contribution is 9.09. The molecule has 0 bridgehead atoms. The van der Waals surface area contributed by atoms with Crippen LogP contribution in [0.3, 0.4) is 0 Å². The third kappa shape index (κ3) is 4.30. The number of benzene rings is 1. The van der Waals surface area contributed by atoms with Gasteiger partial charge in [0.1, 0.15) is 0 Å². The van der Waals surface area contributed by atoms with Gasteiger partial charge in [0.05, 0.1) is 0 Å². The number of nitrogens with zero attached hydrogens (tertiary/aromatic N) is 1. The number of piperidine rings is 1. The van der Waals surface area contributed by atoms with Gasteiger partial charge in [-0.15, -0.1) is 0 Å². The summed E-state index contributed by atoms with van der Waals surface area (Å²) in [5, 5.41) is 10.2. The maximum atomic E-state index is 9.21. The van der Waals surface area contributed by atoms with Gasteiger partial charge in [0.2, 0.25) is 0 Å². The molecule has 1 N–H and O–H groups in total. The predicted octanol–water partition coefficient (Wildman–Crippen LogP) is 3.40. The first-order valence-corrected chi connectivity index (χ1v) is 8.43. The summed E-state index contributed by atoms with van der Waals surface area (Å²) < 4.78 is 0. The molecule has 19 heavy (non-hydrogen) atoms. The van der Waals surface area contributed by atoms with Crippen molar-refractivity contribution in [3.8, 4) is 0 Å². The molecule has 2 unspecified atom stereocenters. The van der Waals surface area contributed by atoms with Gasteiger partial charge in [-0.1, -0.05) is 52.7 Å². The second-order valence-corrected chi connectivity index (χ2v) is 6.07. The summed E-state index contributed by atoms with van der Waals surface area (Å²) in [6.07, 6.45) is 4.77. The zero-order valence-corrected chi connectivity index (χ0v) is 13.1. The van der Waals surface area contributed by atoms with E-state index in [4.69, 9.17) is 0 Å². The molecule has 0 radical (unpaired) electrons. The van der Waals surface area contributed by atoms with Gasteiger partial charge in [-0.05, 0) is 31.4 Å². The minimum absolute atomic E-state index is 0.311. The van der Waals surface area contributed by atoms with Gasteiger partial charge in [0.15, 0.2) is 0 Å². The summed E-state index contributed by atoms with van der Waals surface area (Å²) in [5.41, 5.74) is 1.41. The van der Waals surface area contributed by atoms with Gasteiger partial charge in [-0.2, -0.15) is 0 Å². The van der Waals surface area contributed by atoms with Crippen molar-refractivity contribution in [2.24, 2.45) is 0 Å². The second-order valence-electron chi connectivity index (χ2n) is 5.42. The quantitative estimate of drug-likeness (QED) is 0.810. The lowest BCUT2D eigenvalue weighted by Gasteiger charge is -2.37. The van der Waals surface area contributed by atoms with Crippen LogP contribution in [0.1, 0.15) is 37.2 Å². The lowest BCUT2D eigenvalue weighted by molar-refractivity contribution is 0.114. The molecule has 3 heteroatoms. The van der Waals surface area contributed by atoms with Crippen LogP contribution in [-0.4, -0.2) is 41.1 Å². The molecule has 2 atom stereocenters. The van der Waals surface area contributed by atoms with Gasteiger partial charge in [-0.25, -0.2) is 0 Å². The number of alkyl halides is 1. The highest BCUT2D eigenvalue weighted by Gasteiger charge is 2.24. The average Bonchev–Trinajstić information content (AvgIpc) is 2.47. The van der Waals surface area contributed by atoms with Crippen LogP contribution in [0.15, 0.2) is 30.3 Å². The third-order valence-corrected chi connectivity index (χ3v) is 4.91. The summed E-state index contributed by atoms with van der Waals surface area (Å²) >= 11 is 3.66. The van der Waals surface area contributed by atoms with Crippen molar-refractivity contribution in [1.29, 1.82) is 0 Å². The fraction of sp³-hybridized carbons (Fsp3) is 0.625. The van der Waals surface area contributed by atoms with E-state index in [2.05, 4.69) is 51.2 Å². The zero-order chi connectivity index (χ0) is 13.5. The first-order chi connectivity index (χ1) is 9.35. The number of aliphatic hydroxyl groups is 1. The van der Waals surface area contributed by atoms with Gasteiger partial charge in [0, 0.05) is 30.4 Å². The van der Waals surface area contributed by atoms with E-state index in [1.165, 1.54) is 31.4 Å². The SMILES string of the molecule is OCCC1CCCCN1CC(CBr)c1ccccc1. The van der Waals surface area contributed by atoms with Crippen LogP contribution in [0.5, 0.6) is 0 Å². The monoisotopic (exact) mass is 325 g/mol. The maximum absolute atomic E-state index is 9.21. The van der Waals surface area contributed by atoms with E-state index in [0.717, 1.165) is 18.3 Å². The number of hydrogen-bond donors (Lipinski definition) is 1. The van der Waals surface area contributed by atoms with Gasteiger partial charge < -0.3 is 5.11 Å². The second kappa shape index (κ2) is 8.03. The van der Waals surface area contributed by atoms with Crippen molar-refractivity contribution in [1.82, 2.24) is 4.90 Å². The Bertz CT molecular complexity index is 355. The Hall–Kier alpha value is -0.380. The largest absolute Gasteiger partial charge is 0.396 e. The predicted molar refractivity (Wildman–Crippen MR) is 83.9 cm³/mol. The molecule has 1 aromatic carbocycles. The number of halogens is 1. The molecule has 1 heterocycles. The van der Waals surface area contributed by atoms with Crippen LogP contribution >= 0.6 is 15.9 Å². The fourth-order valence-electron chi connectivity index (χ4n) is 3.03. The summed E-state index contributed by atoms with van der Waals surface area (Å²) in [4.78, 5) is 2.58. The fourth-order valence-corrected chi connectivity index (χ4v) is 3.61. The third-order valence-electron chi connectivity index (χ3n) is 4.12. The molecule has 0 aliphatic carbocycles. The standard InChI is InChI=1S/C16H24BrNO/c17-12-15(14-6-2-1-3-7-14)13-18-10-5-4-8-16(18)9-11-19/h1-3,6-7,15-16,19H,4-5,8-13H2. The summed E-state index contributed by atoms with van der Waals surface area (Å²) in [7, 11) is 0. The first-order valence-electron chi connectivity index (χ1n) is 7.31. The van der Waals surface area contributed by atoms with Gasteiger partial charge >= 0.3 is 0 Å². The lowest BCUT2D eigenvalue weighted by Crippen LogP contribution is -2.42. The van der Waals surface area contributed by atoms with Crippen LogP contribution < -0.4 is 0 Å². The van der Waals surface area contributed by atoms with E-state index in [1.54, 1.807) is 0 Å². The molecule has 2 nitrogen and oxygen atoms in total. The van der Waals surface area contributed by atoms with E-state index in [-0.39, 0.29) is 0 Å². The Balaban J connectivity index is 2.00. The van der Waals surface area contributed by atoms with Crippen molar-refractivity contribution in [3.63, 3.8) is 0 Å². The highest BCUT2D eigenvalue weighted by Crippen LogP contribution is 2.25. The Morgan fingerprint density at radius 2 is 2.05 bits per heavy atom. The molecule has 0 saturated carbocycles. The van der Waals surface area contributed by atoms with Crippen LogP contribution in [-0.2, 0) is 0 Å². The van der Waals surface area contributed by atoms with Crippen molar-refractivity contribution in [2.75, 3.05) is 25.0 Å². The molecule has 1 saturated heterocycles. The average molecular weight is 326 g/mol. The summed E-state index contributed by atoms with van der Waals surface area (Å²) in [6, 6.07) is 11.3. The van der Waals surface area contributed by atoms with Crippen molar-refractivity contribution >= 4 is 15.9 Å². The normalized spacial score (nSPS) is 22.3. The summed E-state index contributed by atoms with van der Waals surface area (Å²) in [6.45, 7) is 2.59. The van der Waals surface area contributed by atoms with E-state index in [0.29, 0.717) is 18.6 Å². The van der Waals surface area contributed by atoms with Crippen molar-refractivity contribution in [3.05, 3.63) is 35.9 Å². The number of aliphatic hydroxyl groups excluding tert-OH is 1. The lowest BCUT2D eigenvalue weighted by atomic mass is 9.95. The molecule has 2 rings (SSSR count).